The number of rotatable bonds is 4. The number of benzene rings is 1. The van der Waals surface area contributed by atoms with Gasteiger partial charge in [-0.3, -0.25) is 0 Å². The Morgan fingerprint density at radius 3 is 2.70 bits per heavy atom. The van der Waals surface area contributed by atoms with Gasteiger partial charge >= 0.3 is 0 Å². The molecule has 5 heteroatoms. The van der Waals surface area contributed by atoms with E-state index < -0.39 is 0 Å². The molecule has 0 radical (unpaired) electrons. The second kappa shape index (κ2) is 7.55. The fourth-order valence-corrected chi connectivity index (χ4v) is 2.53. The molecule has 3 nitrogen and oxygen atoms in total. The van der Waals surface area contributed by atoms with Crippen LogP contribution in [-0.4, -0.2) is 18.5 Å². The molecular formula is C15H19Cl2N3. The third-order valence-corrected chi connectivity index (χ3v) is 3.70. The van der Waals surface area contributed by atoms with Gasteiger partial charge in [-0.1, -0.05) is 41.4 Å². The van der Waals surface area contributed by atoms with E-state index >= 15 is 0 Å². The second-order valence-electron chi connectivity index (χ2n) is 4.71. The van der Waals surface area contributed by atoms with Crippen LogP contribution in [0.2, 0.25) is 10.0 Å². The van der Waals surface area contributed by atoms with Crippen molar-refractivity contribution in [3.8, 4) is 0 Å². The van der Waals surface area contributed by atoms with Gasteiger partial charge in [0.15, 0.2) is 5.96 Å². The molecule has 0 aromatic heterocycles. The van der Waals surface area contributed by atoms with E-state index in [0.717, 1.165) is 30.9 Å². The monoisotopic (exact) mass is 311 g/mol. The summed E-state index contributed by atoms with van der Waals surface area (Å²) in [5.74, 6) is 0.826. The molecule has 0 saturated carbocycles. The molecule has 1 aliphatic carbocycles. The average Bonchev–Trinajstić information content (AvgIpc) is 2.90. The Hall–Kier alpha value is -1.19. The van der Waals surface area contributed by atoms with E-state index in [-0.39, 0.29) is 0 Å². The predicted molar refractivity (Wildman–Crippen MR) is 86.6 cm³/mol. The molecule has 0 bridgehead atoms. The van der Waals surface area contributed by atoms with Crippen LogP contribution >= 0.6 is 23.2 Å². The zero-order valence-electron chi connectivity index (χ0n) is 11.5. The minimum absolute atomic E-state index is 0.438. The Balaban J connectivity index is 2.00. The van der Waals surface area contributed by atoms with Crippen molar-refractivity contribution >= 4 is 29.2 Å². The maximum Gasteiger partial charge on any atom is 0.191 e. The Bertz CT molecular complexity index is 504. The summed E-state index contributed by atoms with van der Waals surface area (Å²) in [6.45, 7) is 3.42. The van der Waals surface area contributed by atoms with Crippen molar-refractivity contribution in [3.05, 3.63) is 46.0 Å². The van der Waals surface area contributed by atoms with E-state index in [4.69, 9.17) is 23.2 Å². The molecule has 2 N–H and O–H groups in total. The zero-order chi connectivity index (χ0) is 14.4. The molecule has 1 aromatic rings. The maximum atomic E-state index is 6.16. The molecule has 0 fully saturated rings. The Kier molecular flexibility index (Phi) is 5.74. The summed E-state index contributed by atoms with van der Waals surface area (Å²) >= 11 is 12.0. The third-order valence-electron chi connectivity index (χ3n) is 3.12. The van der Waals surface area contributed by atoms with Gasteiger partial charge in [0, 0.05) is 22.6 Å². The fraction of sp³-hybridized carbons (Fsp3) is 0.400. The van der Waals surface area contributed by atoms with Gasteiger partial charge < -0.3 is 10.6 Å². The first-order valence-electron chi connectivity index (χ1n) is 6.83. The van der Waals surface area contributed by atoms with Crippen molar-refractivity contribution in [3.63, 3.8) is 0 Å². The highest BCUT2D eigenvalue weighted by Crippen LogP contribution is 2.21. The standard InChI is InChI=1S/C15H19Cl2N3/c1-2-18-15(20-13-5-3-4-6-13)19-10-11-7-8-12(16)9-14(11)17/h3-4,7-9,13H,2,5-6,10H2,1H3,(H2,18,19,20). The van der Waals surface area contributed by atoms with Gasteiger partial charge in [-0.25, -0.2) is 4.99 Å². The number of halogens is 2. The summed E-state index contributed by atoms with van der Waals surface area (Å²) in [6, 6.07) is 5.93. The van der Waals surface area contributed by atoms with Crippen molar-refractivity contribution in [1.29, 1.82) is 0 Å². The summed E-state index contributed by atoms with van der Waals surface area (Å²) in [6.07, 6.45) is 6.48. The molecule has 0 atom stereocenters. The first-order chi connectivity index (χ1) is 9.69. The normalized spacial score (nSPS) is 15.7. The lowest BCUT2D eigenvalue weighted by molar-refractivity contribution is 0.633. The van der Waals surface area contributed by atoms with Crippen LogP contribution in [0.4, 0.5) is 0 Å². The zero-order valence-corrected chi connectivity index (χ0v) is 13.0. The van der Waals surface area contributed by atoms with Crippen LogP contribution in [0.3, 0.4) is 0 Å². The van der Waals surface area contributed by atoms with Crippen LogP contribution in [0.1, 0.15) is 25.3 Å². The molecule has 0 saturated heterocycles. The van der Waals surface area contributed by atoms with Gasteiger partial charge in [-0.15, -0.1) is 0 Å². The first kappa shape index (κ1) is 15.2. The van der Waals surface area contributed by atoms with Crippen LogP contribution in [0.25, 0.3) is 0 Å². The lowest BCUT2D eigenvalue weighted by Gasteiger charge is -2.16. The molecule has 0 spiro atoms. The summed E-state index contributed by atoms with van der Waals surface area (Å²) in [7, 11) is 0. The van der Waals surface area contributed by atoms with Crippen molar-refractivity contribution in [1.82, 2.24) is 10.6 Å². The molecule has 108 valence electrons. The Morgan fingerprint density at radius 2 is 2.05 bits per heavy atom. The van der Waals surface area contributed by atoms with Gasteiger partial charge in [0.05, 0.1) is 6.54 Å². The number of hydrogen-bond acceptors (Lipinski definition) is 1. The molecule has 0 heterocycles. The van der Waals surface area contributed by atoms with Crippen molar-refractivity contribution in [2.45, 2.75) is 32.4 Å². The van der Waals surface area contributed by atoms with Crippen LogP contribution in [0.15, 0.2) is 35.3 Å². The minimum Gasteiger partial charge on any atom is -0.357 e. The number of guanidine groups is 1. The largest absolute Gasteiger partial charge is 0.357 e. The highest BCUT2D eigenvalue weighted by atomic mass is 35.5. The fourth-order valence-electron chi connectivity index (χ4n) is 2.06. The van der Waals surface area contributed by atoms with E-state index in [2.05, 4.69) is 34.7 Å². The topological polar surface area (TPSA) is 36.4 Å². The lowest BCUT2D eigenvalue weighted by Crippen LogP contribution is -2.42. The molecule has 2 rings (SSSR count). The van der Waals surface area contributed by atoms with Gasteiger partial charge in [-0.2, -0.15) is 0 Å². The van der Waals surface area contributed by atoms with Crippen LogP contribution in [0, 0.1) is 0 Å². The third kappa shape index (κ3) is 4.43. The van der Waals surface area contributed by atoms with Gasteiger partial charge in [0.25, 0.3) is 0 Å². The quantitative estimate of drug-likeness (QED) is 0.504. The molecule has 0 unspecified atom stereocenters. The summed E-state index contributed by atoms with van der Waals surface area (Å²) in [5, 5.41) is 7.97. The molecular weight excluding hydrogens is 293 g/mol. The van der Waals surface area contributed by atoms with E-state index in [1.807, 2.05) is 12.1 Å². The molecule has 20 heavy (non-hydrogen) atoms. The van der Waals surface area contributed by atoms with E-state index in [1.165, 1.54) is 0 Å². The molecule has 1 aliphatic rings. The van der Waals surface area contributed by atoms with Crippen molar-refractivity contribution < 1.29 is 0 Å². The summed E-state index contributed by atoms with van der Waals surface area (Å²) in [4.78, 5) is 4.58. The SMILES string of the molecule is CCNC(=NCc1ccc(Cl)cc1Cl)NC1CC=CC1. The highest BCUT2D eigenvalue weighted by molar-refractivity contribution is 6.35. The molecule has 1 aromatic carbocycles. The predicted octanol–water partition coefficient (Wildman–Crippen LogP) is 3.77. The maximum absolute atomic E-state index is 6.16. The highest BCUT2D eigenvalue weighted by Gasteiger charge is 2.11. The number of aliphatic imine (C=N–C) groups is 1. The van der Waals surface area contributed by atoms with Gasteiger partial charge in [0.1, 0.15) is 0 Å². The second-order valence-corrected chi connectivity index (χ2v) is 5.56. The van der Waals surface area contributed by atoms with E-state index in [9.17, 15) is 0 Å². The first-order valence-corrected chi connectivity index (χ1v) is 7.58. The average molecular weight is 312 g/mol. The van der Waals surface area contributed by atoms with Gasteiger partial charge in [-0.05, 0) is 37.5 Å². The van der Waals surface area contributed by atoms with E-state index in [1.54, 1.807) is 6.07 Å². The van der Waals surface area contributed by atoms with Crippen molar-refractivity contribution in [2.24, 2.45) is 4.99 Å². The number of hydrogen-bond donors (Lipinski definition) is 2. The van der Waals surface area contributed by atoms with Crippen LogP contribution < -0.4 is 10.6 Å². The lowest BCUT2D eigenvalue weighted by atomic mass is 10.2. The molecule has 0 aliphatic heterocycles. The summed E-state index contributed by atoms with van der Waals surface area (Å²) < 4.78 is 0. The van der Waals surface area contributed by atoms with Crippen molar-refractivity contribution in [2.75, 3.05) is 6.54 Å². The Morgan fingerprint density at radius 1 is 1.30 bits per heavy atom. The van der Waals surface area contributed by atoms with E-state index in [0.29, 0.717) is 22.6 Å². The number of nitrogens with zero attached hydrogens (tertiary/aromatic N) is 1. The van der Waals surface area contributed by atoms with Crippen LogP contribution in [-0.2, 0) is 6.54 Å². The number of nitrogens with one attached hydrogen (secondary N) is 2. The minimum atomic E-state index is 0.438. The summed E-state index contributed by atoms with van der Waals surface area (Å²) in [5.41, 5.74) is 0.970. The van der Waals surface area contributed by atoms with Gasteiger partial charge in [0.2, 0.25) is 0 Å². The van der Waals surface area contributed by atoms with Crippen LogP contribution in [0.5, 0.6) is 0 Å². The molecule has 0 amide bonds. The smallest absolute Gasteiger partial charge is 0.191 e. The Labute approximate surface area is 130 Å².